The van der Waals surface area contributed by atoms with Crippen molar-refractivity contribution in [3.8, 4) is 17.0 Å². The number of H-pyrrole nitrogens is 1. The van der Waals surface area contributed by atoms with Crippen molar-refractivity contribution < 1.29 is 9.84 Å². The first kappa shape index (κ1) is 24.6. The van der Waals surface area contributed by atoms with Gasteiger partial charge in [-0.2, -0.15) is 0 Å². The van der Waals surface area contributed by atoms with Gasteiger partial charge in [-0.25, -0.2) is 9.97 Å². The summed E-state index contributed by atoms with van der Waals surface area (Å²) in [5.74, 6) is 1.16. The van der Waals surface area contributed by atoms with Crippen LogP contribution in [0.1, 0.15) is 37.8 Å². The number of aromatic amines is 1. The van der Waals surface area contributed by atoms with Crippen LogP contribution in [0.15, 0.2) is 48.8 Å². The molecule has 188 valence electrons. The minimum atomic E-state index is -0.295. The first-order valence-electron chi connectivity index (χ1n) is 12.5. The molecular weight excluding hydrogens is 474 g/mol. The van der Waals surface area contributed by atoms with Gasteiger partial charge in [0.15, 0.2) is 0 Å². The number of aliphatic hydroxyl groups is 1. The number of hydrogen-bond donors (Lipinski definition) is 4. The Labute approximate surface area is 216 Å². The van der Waals surface area contributed by atoms with Gasteiger partial charge >= 0.3 is 0 Å². The summed E-state index contributed by atoms with van der Waals surface area (Å²) < 4.78 is 6.42. The van der Waals surface area contributed by atoms with E-state index in [2.05, 4.69) is 64.8 Å². The standard InChI is InChI=1S/C28H32ClN5O2/c1-4-18-6-8-23(26(12-18)36-17(3)24-13-19(35)9-10-30-24)33-28-32-15-22(29)27(34-28)21-14-31-25-11-16(2)5-7-20(21)25/h5-8,11-12,14-15,17,19,24,30-31,35H,4,9-10,13H2,1-3H3,(H,32,33,34). The molecule has 4 N–H and O–H groups in total. The van der Waals surface area contributed by atoms with Gasteiger partial charge in [-0.3, -0.25) is 0 Å². The molecule has 0 bridgehead atoms. The molecule has 3 unspecified atom stereocenters. The predicted octanol–water partition coefficient (Wildman–Crippen LogP) is 5.77. The average molecular weight is 506 g/mol. The van der Waals surface area contributed by atoms with E-state index in [0.717, 1.165) is 47.3 Å². The summed E-state index contributed by atoms with van der Waals surface area (Å²) in [7, 11) is 0. The van der Waals surface area contributed by atoms with Crippen LogP contribution in [0.3, 0.4) is 0 Å². The third-order valence-electron chi connectivity index (χ3n) is 6.83. The Morgan fingerprint density at radius 3 is 2.92 bits per heavy atom. The maximum absolute atomic E-state index is 10.1. The quantitative estimate of drug-likeness (QED) is 0.254. The second-order valence-electron chi connectivity index (χ2n) is 9.51. The zero-order valence-corrected chi connectivity index (χ0v) is 21.6. The Hall–Kier alpha value is -3.13. The molecule has 0 radical (unpaired) electrons. The lowest BCUT2D eigenvalue weighted by Crippen LogP contribution is -2.48. The highest BCUT2D eigenvalue weighted by molar-refractivity contribution is 6.33. The lowest BCUT2D eigenvalue weighted by molar-refractivity contribution is 0.0734. The Balaban J connectivity index is 1.44. The summed E-state index contributed by atoms with van der Waals surface area (Å²) in [5, 5.41) is 18.4. The van der Waals surface area contributed by atoms with Gasteiger partial charge in [-0.1, -0.05) is 36.7 Å². The van der Waals surface area contributed by atoms with Crippen LogP contribution in [0.2, 0.25) is 5.02 Å². The fourth-order valence-electron chi connectivity index (χ4n) is 4.73. The summed E-state index contributed by atoms with van der Waals surface area (Å²) in [6.07, 6.45) is 5.47. The maximum Gasteiger partial charge on any atom is 0.227 e. The van der Waals surface area contributed by atoms with Gasteiger partial charge in [0.2, 0.25) is 5.95 Å². The Morgan fingerprint density at radius 2 is 2.11 bits per heavy atom. The van der Waals surface area contributed by atoms with Crippen molar-refractivity contribution in [2.24, 2.45) is 0 Å². The molecule has 0 saturated carbocycles. The molecule has 1 fully saturated rings. The van der Waals surface area contributed by atoms with Gasteiger partial charge in [0.05, 0.1) is 28.7 Å². The van der Waals surface area contributed by atoms with Crippen LogP contribution < -0.4 is 15.4 Å². The number of benzene rings is 2. The van der Waals surface area contributed by atoms with Crippen LogP contribution in [0.4, 0.5) is 11.6 Å². The van der Waals surface area contributed by atoms with E-state index in [1.807, 2.05) is 19.2 Å². The molecule has 2 aromatic carbocycles. The number of ether oxygens (including phenoxy) is 1. The first-order chi connectivity index (χ1) is 17.4. The number of piperidine rings is 1. The number of anilines is 2. The number of nitrogens with one attached hydrogen (secondary N) is 3. The highest BCUT2D eigenvalue weighted by Gasteiger charge is 2.26. The number of hydrogen-bond acceptors (Lipinski definition) is 6. The average Bonchev–Trinajstić information content (AvgIpc) is 3.29. The van der Waals surface area contributed by atoms with Crippen molar-refractivity contribution in [2.45, 2.75) is 58.3 Å². The van der Waals surface area contributed by atoms with E-state index >= 15 is 0 Å². The van der Waals surface area contributed by atoms with E-state index in [1.165, 1.54) is 11.1 Å². The highest BCUT2D eigenvalue weighted by Crippen LogP contribution is 2.35. The molecule has 36 heavy (non-hydrogen) atoms. The van der Waals surface area contributed by atoms with Crippen molar-refractivity contribution >= 4 is 34.1 Å². The summed E-state index contributed by atoms with van der Waals surface area (Å²) in [6.45, 7) is 7.00. The number of aryl methyl sites for hydroxylation is 2. The lowest BCUT2D eigenvalue weighted by atomic mass is 9.98. The van der Waals surface area contributed by atoms with Crippen molar-refractivity contribution in [3.63, 3.8) is 0 Å². The van der Waals surface area contributed by atoms with E-state index in [1.54, 1.807) is 6.20 Å². The van der Waals surface area contributed by atoms with Crippen molar-refractivity contribution in [1.82, 2.24) is 20.3 Å². The van der Waals surface area contributed by atoms with Gasteiger partial charge in [0, 0.05) is 28.7 Å². The molecule has 3 heterocycles. The van der Waals surface area contributed by atoms with Crippen molar-refractivity contribution in [1.29, 1.82) is 0 Å². The monoisotopic (exact) mass is 505 g/mol. The van der Waals surface area contributed by atoms with Crippen LogP contribution in [-0.2, 0) is 6.42 Å². The van der Waals surface area contributed by atoms with E-state index in [9.17, 15) is 5.11 Å². The third-order valence-corrected chi connectivity index (χ3v) is 7.10. The Kier molecular flexibility index (Phi) is 7.14. The topological polar surface area (TPSA) is 95.1 Å². The van der Waals surface area contributed by atoms with Crippen LogP contribution in [0.5, 0.6) is 5.75 Å². The smallest absolute Gasteiger partial charge is 0.227 e. The fraction of sp³-hybridized carbons (Fsp3) is 0.357. The normalized spacial score (nSPS) is 18.8. The molecule has 8 heteroatoms. The highest BCUT2D eigenvalue weighted by atomic mass is 35.5. The zero-order chi connectivity index (χ0) is 25.2. The van der Waals surface area contributed by atoms with E-state index in [0.29, 0.717) is 23.1 Å². The Bertz CT molecular complexity index is 1370. The second-order valence-corrected chi connectivity index (χ2v) is 9.92. The number of aromatic nitrogens is 3. The van der Waals surface area contributed by atoms with Crippen LogP contribution in [-0.4, -0.2) is 44.9 Å². The van der Waals surface area contributed by atoms with E-state index < -0.39 is 0 Å². The summed E-state index contributed by atoms with van der Waals surface area (Å²) in [6, 6.07) is 12.5. The van der Waals surface area contributed by atoms with Gasteiger partial charge in [0.25, 0.3) is 0 Å². The van der Waals surface area contributed by atoms with Crippen LogP contribution in [0.25, 0.3) is 22.2 Å². The minimum Gasteiger partial charge on any atom is -0.487 e. The maximum atomic E-state index is 10.1. The summed E-state index contributed by atoms with van der Waals surface area (Å²) >= 11 is 6.54. The van der Waals surface area contributed by atoms with Crippen molar-refractivity contribution in [2.75, 3.05) is 11.9 Å². The molecule has 2 aromatic heterocycles. The molecule has 0 aliphatic carbocycles. The predicted molar refractivity (Wildman–Crippen MR) is 145 cm³/mol. The van der Waals surface area contributed by atoms with Crippen molar-refractivity contribution in [3.05, 3.63) is 64.9 Å². The molecule has 1 saturated heterocycles. The third kappa shape index (κ3) is 5.19. The molecular formula is C28H32ClN5O2. The van der Waals surface area contributed by atoms with Crippen LogP contribution >= 0.6 is 11.6 Å². The fourth-order valence-corrected chi connectivity index (χ4v) is 4.92. The van der Waals surface area contributed by atoms with Gasteiger partial charge in [0.1, 0.15) is 11.9 Å². The lowest BCUT2D eigenvalue weighted by Gasteiger charge is -2.32. The van der Waals surface area contributed by atoms with E-state index in [4.69, 9.17) is 21.3 Å². The molecule has 0 spiro atoms. The SMILES string of the molecule is CCc1ccc(Nc2ncc(Cl)c(-c3c[nH]c4cc(C)ccc34)n2)c(OC(C)C2CC(O)CCN2)c1. The van der Waals surface area contributed by atoms with Gasteiger partial charge < -0.3 is 25.5 Å². The molecule has 0 amide bonds. The second kappa shape index (κ2) is 10.5. The number of aliphatic hydroxyl groups excluding tert-OH is 1. The number of rotatable bonds is 7. The molecule has 7 nitrogen and oxygen atoms in total. The zero-order valence-electron chi connectivity index (χ0n) is 20.8. The number of nitrogens with zero attached hydrogens (tertiary/aromatic N) is 2. The van der Waals surface area contributed by atoms with E-state index in [-0.39, 0.29) is 18.2 Å². The van der Waals surface area contributed by atoms with Crippen LogP contribution in [0, 0.1) is 6.92 Å². The molecule has 3 atom stereocenters. The molecule has 4 aromatic rings. The summed E-state index contributed by atoms with van der Waals surface area (Å²) in [4.78, 5) is 12.5. The molecule has 5 rings (SSSR count). The molecule has 1 aliphatic heterocycles. The minimum absolute atomic E-state index is 0.0794. The van der Waals surface area contributed by atoms with Gasteiger partial charge in [-0.15, -0.1) is 0 Å². The molecule has 1 aliphatic rings. The summed E-state index contributed by atoms with van der Waals surface area (Å²) in [5.41, 5.74) is 5.75. The Morgan fingerprint density at radius 1 is 1.25 bits per heavy atom. The largest absolute Gasteiger partial charge is 0.487 e. The van der Waals surface area contributed by atoms with Gasteiger partial charge in [-0.05, 0) is 69.0 Å². The number of fused-ring (bicyclic) bond motifs is 1. The first-order valence-corrected chi connectivity index (χ1v) is 12.9. The number of halogens is 1.